The van der Waals surface area contributed by atoms with E-state index in [1.807, 2.05) is 0 Å². The van der Waals surface area contributed by atoms with Gasteiger partial charge in [-0.2, -0.15) is 0 Å². The summed E-state index contributed by atoms with van der Waals surface area (Å²) in [6.45, 7) is -0.0796. The van der Waals surface area contributed by atoms with Crippen molar-refractivity contribution in [3.63, 3.8) is 0 Å². The highest BCUT2D eigenvalue weighted by molar-refractivity contribution is 9.10. The van der Waals surface area contributed by atoms with Crippen molar-refractivity contribution in [2.24, 2.45) is 0 Å². The Bertz CT molecular complexity index is 979. The van der Waals surface area contributed by atoms with Gasteiger partial charge in [-0.25, -0.2) is 17.8 Å². The Morgan fingerprint density at radius 2 is 1.96 bits per heavy atom. The quantitative estimate of drug-likeness (QED) is 0.537. The minimum atomic E-state index is -4.07. The van der Waals surface area contributed by atoms with Crippen molar-refractivity contribution >= 4 is 43.2 Å². The van der Waals surface area contributed by atoms with Crippen LogP contribution in [-0.4, -0.2) is 13.4 Å². The molecule has 3 rings (SSSR count). The van der Waals surface area contributed by atoms with Crippen LogP contribution in [0.1, 0.15) is 5.76 Å². The van der Waals surface area contributed by atoms with Gasteiger partial charge in [-0.1, -0.05) is 11.6 Å². The van der Waals surface area contributed by atoms with Crippen LogP contribution in [-0.2, 0) is 16.6 Å². The van der Waals surface area contributed by atoms with E-state index >= 15 is 0 Å². The first-order chi connectivity index (χ1) is 11.9. The Labute approximate surface area is 157 Å². The number of nitrogens with zero attached hydrogens (tertiary/aromatic N) is 2. The van der Waals surface area contributed by atoms with Crippen molar-refractivity contribution in [1.29, 1.82) is 0 Å². The van der Waals surface area contributed by atoms with Gasteiger partial charge in [0, 0.05) is 10.7 Å². The molecule has 2 aromatic heterocycles. The standard InChI is InChI=1S/C16H11BrClFN2O3S/c17-11-8-15(16(18)20-9-11)25(22,23)21(10-14-2-1-7-24-14)13-5-3-12(19)4-6-13/h1-9H,10H2. The number of anilines is 1. The van der Waals surface area contributed by atoms with Gasteiger partial charge >= 0.3 is 0 Å². The van der Waals surface area contributed by atoms with Crippen LogP contribution in [0.2, 0.25) is 5.15 Å². The second-order valence-corrected chi connectivity index (χ2v) is 8.11. The van der Waals surface area contributed by atoms with Crippen LogP contribution in [0.3, 0.4) is 0 Å². The van der Waals surface area contributed by atoms with Gasteiger partial charge in [0.25, 0.3) is 10.0 Å². The van der Waals surface area contributed by atoms with Gasteiger partial charge in [0.15, 0.2) is 0 Å². The molecule has 0 fully saturated rings. The van der Waals surface area contributed by atoms with Crippen molar-refractivity contribution in [2.45, 2.75) is 11.4 Å². The lowest BCUT2D eigenvalue weighted by atomic mass is 10.3. The number of halogens is 3. The summed E-state index contributed by atoms with van der Waals surface area (Å²) >= 11 is 9.19. The fraction of sp³-hybridized carbons (Fsp3) is 0.0625. The maximum Gasteiger partial charge on any atom is 0.267 e. The maximum atomic E-state index is 13.2. The molecule has 0 bridgehead atoms. The number of sulfonamides is 1. The predicted octanol–water partition coefficient (Wildman–Crippen LogP) is 4.63. The van der Waals surface area contributed by atoms with Crippen molar-refractivity contribution in [3.05, 3.63) is 76.1 Å². The smallest absolute Gasteiger partial charge is 0.267 e. The number of rotatable bonds is 5. The first-order valence-electron chi connectivity index (χ1n) is 6.99. The molecule has 0 atom stereocenters. The summed E-state index contributed by atoms with van der Waals surface area (Å²) in [5, 5.41) is -0.158. The molecule has 0 saturated carbocycles. The lowest BCUT2D eigenvalue weighted by Crippen LogP contribution is -2.30. The molecule has 2 heterocycles. The number of hydrogen-bond acceptors (Lipinski definition) is 4. The second kappa shape index (κ2) is 7.15. The Hall–Kier alpha value is -1.90. The summed E-state index contributed by atoms with van der Waals surface area (Å²) in [6.07, 6.45) is 2.84. The second-order valence-electron chi connectivity index (χ2n) is 5.01. The maximum absolute atomic E-state index is 13.2. The number of pyridine rings is 1. The topological polar surface area (TPSA) is 63.4 Å². The molecule has 0 amide bonds. The molecule has 1 aromatic carbocycles. The van der Waals surface area contributed by atoms with E-state index in [1.54, 1.807) is 12.1 Å². The molecule has 3 aromatic rings. The molecular weight excluding hydrogens is 435 g/mol. The van der Waals surface area contributed by atoms with Gasteiger partial charge in [0.1, 0.15) is 21.6 Å². The minimum absolute atomic E-state index is 0.0796. The molecule has 5 nitrogen and oxygen atoms in total. The van der Waals surface area contributed by atoms with Gasteiger partial charge < -0.3 is 4.42 Å². The van der Waals surface area contributed by atoms with Crippen LogP contribution in [0, 0.1) is 5.82 Å². The van der Waals surface area contributed by atoms with Crippen LogP contribution in [0.25, 0.3) is 0 Å². The summed E-state index contributed by atoms with van der Waals surface area (Å²) in [7, 11) is -4.07. The monoisotopic (exact) mass is 444 g/mol. The molecule has 0 saturated heterocycles. The zero-order valence-electron chi connectivity index (χ0n) is 12.6. The highest BCUT2D eigenvalue weighted by Gasteiger charge is 2.29. The first-order valence-corrected chi connectivity index (χ1v) is 9.61. The van der Waals surface area contributed by atoms with E-state index in [2.05, 4.69) is 20.9 Å². The zero-order chi connectivity index (χ0) is 18.0. The highest BCUT2D eigenvalue weighted by Crippen LogP contribution is 2.30. The van der Waals surface area contributed by atoms with E-state index in [-0.39, 0.29) is 22.3 Å². The Morgan fingerprint density at radius 3 is 2.60 bits per heavy atom. The van der Waals surface area contributed by atoms with Gasteiger partial charge in [0.05, 0.1) is 18.5 Å². The lowest BCUT2D eigenvalue weighted by molar-refractivity contribution is 0.508. The van der Waals surface area contributed by atoms with E-state index in [1.165, 1.54) is 42.8 Å². The molecule has 0 radical (unpaired) electrons. The van der Waals surface area contributed by atoms with E-state index < -0.39 is 15.8 Å². The summed E-state index contributed by atoms with van der Waals surface area (Å²) in [5.41, 5.74) is 0.272. The molecule has 0 spiro atoms. The van der Waals surface area contributed by atoms with Crippen molar-refractivity contribution in [3.8, 4) is 0 Å². The number of hydrogen-bond donors (Lipinski definition) is 0. The minimum Gasteiger partial charge on any atom is -0.467 e. The number of aromatic nitrogens is 1. The van der Waals surface area contributed by atoms with Crippen LogP contribution in [0.5, 0.6) is 0 Å². The van der Waals surface area contributed by atoms with Crippen LogP contribution < -0.4 is 4.31 Å². The molecule has 9 heteroatoms. The van der Waals surface area contributed by atoms with Gasteiger partial charge in [-0.05, 0) is 58.4 Å². The fourth-order valence-electron chi connectivity index (χ4n) is 2.17. The SMILES string of the molecule is O=S(=O)(c1cc(Br)cnc1Cl)N(Cc1ccco1)c1ccc(F)cc1. The molecule has 0 N–H and O–H groups in total. The van der Waals surface area contributed by atoms with Crippen LogP contribution in [0.4, 0.5) is 10.1 Å². The zero-order valence-corrected chi connectivity index (χ0v) is 15.7. The summed E-state index contributed by atoms with van der Waals surface area (Å²) in [4.78, 5) is 3.69. The molecular formula is C16H11BrClFN2O3S. The van der Waals surface area contributed by atoms with E-state index in [9.17, 15) is 12.8 Å². The largest absolute Gasteiger partial charge is 0.467 e. The Balaban J connectivity index is 2.12. The average molecular weight is 446 g/mol. The summed E-state index contributed by atoms with van der Waals surface area (Å²) in [5.74, 6) is -0.0479. The third-order valence-corrected chi connectivity index (χ3v) is 5.97. The van der Waals surface area contributed by atoms with Crippen molar-refractivity contribution in [1.82, 2.24) is 4.98 Å². The summed E-state index contributed by atoms with van der Waals surface area (Å²) in [6, 6.07) is 9.76. The predicted molar refractivity (Wildman–Crippen MR) is 95.4 cm³/mol. The molecule has 0 aliphatic rings. The van der Waals surface area contributed by atoms with Gasteiger partial charge in [0.2, 0.25) is 0 Å². The molecule has 25 heavy (non-hydrogen) atoms. The number of benzene rings is 1. The molecule has 0 aliphatic heterocycles. The highest BCUT2D eigenvalue weighted by atomic mass is 79.9. The van der Waals surface area contributed by atoms with Crippen molar-refractivity contribution in [2.75, 3.05) is 4.31 Å². The molecule has 0 aliphatic carbocycles. The number of furan rings is 1. The van der Waals surface area contributed by atoms with E-state index in [4.69, 9.17) is 16.0 Å². The Kier molecular flexibility index (Phi) is 5.12. The molecule has 130 valence electrons. The average Bonchev–Trinajstić information content (AvgIpc) is 3.09. The van der Waals surface area contributed by atoms with Gasteiger partial charge in [-0.15, -0.1) is 0 Å². The summed E-state index contributed by atoms with van der Waals surface area (Å²) < 4.78 is 46.4. The Morgan fingerprint density at radius 1 is 1.24 bits per heavy atom. The lowest BCUT2D eigenvalue weighted by Gasteiger charge is -2.24. The van der Waals surface area contributed by atoms with E-state index in [0.717, 1.165) is 4.31 Å². The normalized spacial score (nSPS) is 11.5. The van der Waals surface area contributed by atoms with Crippen LogP contribution >= 0.6 is 27.5 Å². The van der Waals surface area contributed by atoms with E-state index in [0.29, 0.717) is 10.2 Å². The van der Waals surface area contributed by atoms with Crippen LogP contribution in [0.15, 0.2) is 68.7 Å². The van der Waals surface area contributed by atoms with Crippen molar-refractivity contribution < 1.29 is 17.2 Å². The first kappa shape index (κ1) is 17.9. The third kappa shape index (κ3) is 3.86. The molecule has 0 unspecified atom stereocenters. The fourth-order valence-corrected chi connectivity index (χ4v) is 4.52. The third-order valence-electron chi connectivity index (χ3n) is 3.34. The van der Waals surface area contributed by atoms with Gasteiger partial charge in [-0.3, -0.25) is 4.31 Å².